The predicted octanol–water partition coefficient (Wildman–Crippen LogP) is 6.58. The fourth-order valence-electron chi connectivity index (χ4n) is 4.31. The number of nitrogens with two attached hydrogens (primary N) is 1. The van der Waals surface area contributed by atoms with E-state index in [0.29, 0.717) is 21.4 Å². The molecule has 0 spiro atoms. The smallest absolute Gasteiger partial charge is 0.236 e. The Morgan fingerprint density at radius 1 is 1.06 bits per heavy atom. The number of thiophene rings is 1. The zero-order valence-corrected chi connectivity index (χ0v) is 22.2. The summed E-state index contributed by atoms with van der Waals surface area (Å²) in [6, 6.07) is 21.3. The minimum absolute atomic E-state index is 0.145. The predicted molar refractivity (Wildman–Crippen MR) is 152 cm³/mol. The number of aromatic nitrogens is 3. The molecule has 0 aliphatic carbocycles. The molecule has 0 radical (unpaired) electrons. The highest BCUT2D eigenvalue weighted by molar-refractivity contribution is 8.00. The molecule has 0 bridgehead atoms. The minimum atomic E-state index is -0.145. The van der Waals surface area contributed by atoms with Crippen LogP contribution in [0.2, 0.25) is 0 Å². The molecule has 1 aliphatic heterocycles. The Bertz CT molecular complexity index is 1510. The van der Waals surface area contributed by atoms with Gasteiger partial charge in [0, 0.05) is 21.7 Å². The van der Waals surface area contributed by atoms with Gasteiger partial charge in [0.1, 0.15) is 10.6 Å². The third-order valence-corrected chi connectivity index (χ3v) is 10.3. The molecule has 0 saturated heterocycles. The van der Waals surface area contributed by atoms with Crippen molar-refractivity contribution in [3.05, 3.63) is 93.8 Å². The van der Waals surface area contributed by atoms with Gasteiger partial charge in [0.15, 0.2) is 10.3 Å². The Kier molecular flexibility index (Phi) is 6.66. The molecule has 180 valence electrons. The maximum atomic E-state index is 12.3. The lowest BCUT2D eigenvalue weighted by Gasteiger charge is -2.30. The van der Waals surface area contributed by atoms with E-state index in [2.05, 4.69) is 75.9 Å². The monoisotopic (exact) mass is 547 g/mol. The molecule has 36 heavy (non-hydrogen) atoms. The minimum Gasteiger partial charge on any atom is -0.383 e. The Hall–Kier alpha value is -2.92. The van der Waals surface area contributed by atoms with Gasteiger partial charge in [-0.15, -0.1) is 34.4 Å². The summed E-state index contributed by atoms with van der Waals surface area (Å²) in [5.74, 6) is 0.522. The van der Waals surface area contributed by atoms with Crippen molar-refractivity contribution in [3.63, 3.8) is 0 Å². The number of carbonyl (C=O) groups excluding carboxylic acids is 1. The number of carbonyl (C=O) groups is 1. The molecule has 6 rings (SSSR count). The first-order valence-corrected chi connectivity index (χ1v) is 14.9. The molecular weight excluding hydrogens is 527 g/mol. The topological polar surface area (TPSA) is 93.8 Å². The highest BCUT2D eigenvalue weighted by Gasteiger charge is 2.34. The zero-order valence-electron chi connectivity index (χ0n) is 19.0. The van der Waals surface area contributed by atoms with Crippen LogP contribution >= 0.6 is 46.2 Å². The van der Waals surface area contributed by atoms with Crippen LogP contribution in [0.5, 0.6) is 0 Å². The molecule has 1 amide bonds. The number of anilines is 2. The number of thioether (sulfide) groups is 2. The molecule has 4 heterocycles. The maximum absolute atomic E-state index is 12.3. The van der Waals surface area contributed by atoms with Crippen LogP contribution in [0.15, 0.2) is 77.4 Å². The van der Waals surface area contributed by atoms with Crippen molar-refractivity contribution < 1.29 is 4.79 Å². The number of amides is 1. The summed E-state index contributed by atoms with van der Waals surface area (Å²) >= 11 is 6.34. The van der Waals surface area contributed by atoms with Crippen LogP contribution in [0.4, 0.5) is 10.9 Å². The van der Waals surface area contributed by atoms with E-state index in [-0.39, 0.29) is 16.9 Å². The van der Waals surface area contributed by atoms with Crippen molar-refractivity contribution in [1.82, 2.24) is 15.0 Å². The number of thiazole rings is 1. The second-order valence-electron chi connectivity index (χ2n) is 8.22. The van der Waals surface area contributed by atoms with E-state index < -0.39 is 0 Å². The lowest BCUT2D eigenvalue weighted by Crippen LogP contribution is -2.14. The standard InChI is InChI=1S/C26H21N5OS4/c27-23-20-17-13-18(15-7-3-1-4-8-15)35-21(16-9-5-2-6-10-16)22(17)36-24(20)31-26(30-23)34-14-19(32)29-25-28-11-12-33-25/h1-12,18,21H,13-14H2,(H2,27,30,31)(H,28,29,32)/t18-,21+/m1/s1. The van der Waals surface area contributed by atoms with E-state index >= 15 is 0 Å². The van der Waals surface area contributed by atoms with Crippen LogP contribution in [0.1, 0.15) is 32.1 Å². The maximum Gasteiger partial charge on any atom is 0.236 e. The number of rotatable bonds is 6. The van der Waals surface area contributed by atoms with E-state index in [1.165, 1.54) is 44.7 Å². The highest BCUT2D eigenvalue weighted by Crippen LogP contribution is 2.55. The zero-order chi connectivity index (χ0) is 24.5. The van der Waals surface area contributed by atoms with Gasteiger partial charge in [-0.3, -0.25) is 4.79 Å². The molecule has 5 aromatic rings. The van der Waals surface area contributed by atoms with Crippen LogP contribution in [-0.4, -0.2) is 26.6 Å². The average Bonchev–Trinajstić information content (AvgIpc) is 3.55. The largest absolute Gasteiger partial charge is 0.383 e. The Labute approximate surface area is 224 Å². The van der Waals surface area contributed by atoms with Crippen LogP contribution in [0.3, 0.4) is 0 Å². The van der Waals surface area contributed by atoms with Gasteiger partial charge >= 0.3 is 0 Å². The second-order valence-corrected chi connectivity index (χ2v) is 12.4. The molecule has 1 aliphatic rings. The molecule has 0 unspecified atom stereocenters. The van der Waals surface area contributed by atoms with Gasteiger partial charge in [0.2, 0.25) is 5.91 Å². The number of hydrogen-bond acceptors (Lipinski definition) is 9. The molecule has 3 aromatic heterocycles. The summed E-state index contributed by atoms with van der Waals surface area (Å²) in [5, 5.41) is 7.16. The van der Waals surface area contributed by atoms with Crippen molar-refractivity contribution in [2.24, 2.45) is 0 Å². The first-order valence-electron chi connectivity index (χ1n) is 11.3. The van der Waals surface area contributed by atoms with Crippen molar-refractivity contribution in [2.75, 3.05) is 16.8 Å². The summed E-state index contributed by atoms with van der Waals surface area (Å²) in [6.45, 7) is 0. The van der Waals surface area contributed by atoms with E-state index in [1.807, 2.05) is 17.1 Å². The highest BCUT2D eigenvalue weighted by atomic mass is 32.2. The average molecular weight is 548 g/mol. The lowest BCUT2D eigenvalue weighted by molar-refractivity contribution is -0.113. The van der Waals surface area contributed by atoms with Gasteiger partial charge in [0.05, 0.1) is 16.4 Å². The molecule has 3 N–H and O–H groups in total. The van der Waals surface area contributed by atoms with E-state index in [9.17, 15) is 4.79 Å². The Balaban J connectivity index is 1.34. The fraction of sp³-hybridized carbons (Fsp3) is 0.154. The van der Waals surface area contributed by atoms with Gasteiger partial charge in [-0.2, -0.15) is 0 Å². The summed E-state index contributed by atoms with van der Waals surface area (Å²) in [5.41, 5.74) is 10.4. The number of nitrogens with one attached hydrogen (secondary N) is 1. The summed E-state index contributed by atoms with van der Waals surface area (Å²) in [7, 11) is 0. The third-order valence-electron chi connectivity index (χ3n) is 5.90. The van der Waals surface area contributed by atoms with Crippen molar-refractivity contribution in [2.45, 2.75) is 22.1 Å². The fourth-order valence-corrected chi connectivity index (χ4v) is 8.59. The van der Waals surface area contributed by atoms with Crippen molar-refractivity contribution in [1.29, 1.82) is 0 Å². The van der Waals surface area contributed by atoms with Gasteiger partial charge in [-0.25, -0.2) is 15.0 Å². The van der Waals surface area contributed by atoms with Crippen molar-refractivity contribution in [3.8, 4) is 0 Å². The molecule has 2 atom stereocenters. The number of nitrogens with zero attached hydrogens (tertiary/aromatic N) is 3. The molecular formula is C26H21N5OS4. The first-order chi connectivity index (χ1) is 17.7. The SMILES string of the molecule is Nc1nc(SCC(=O)Nc2nccs2)nc2sc3c(c12)C[C@H](c1ccccc1)S[C@H]3c1ccccc1. The molecule has 10 heteroatoms. The quantitative estimate of drug-likeness (QED) is 0.183. The Morgan fingerprint density at radius 3 is 2.53 bits per heavy atom. The van der Waals surface area contributed by atoms with E-state index in [4.69, 9.17) is 10.7 Å². The van der Waals surface area contributed by atoms with Crippen molar-refractivity contribution >= 4 is 73.3 Å². The summed E-state index contributed by atoms with van der Waals surface area (Å²) < 4.78 is 0. The van der Waals surface area contributed by atoms with Gasteiger partial charge < -0.3 is 11.1 Å². The molecule has 6 nitrogen and oxygen atoms in total. The third kappa shape index (κ3) is 4.73. The normalized spacial score (nSPS) is 17.1. The number of benzene rings is 2. The summed E-state index contributed by atoms with van der Waals surface area (Å²) in [4.78, 5) is 28.0. The number of hydrogen-bond donors (Lipinski definition) is 2. The second kappa shape index (κ2) is 10.2. The van der Waals surface area contributed by atoms with Crippen LogP contribution in [0, 0.1) is 0 Å². The van der Waals surface area contributed by atoms with Gasteiger partial charge in [0.25, 0.3) is 0 Å². The first kappa shape index (κ1) is 23.5. The summed E-state index contributed by atoms with van der Waals surface area (Å²) in [6.07, 6.45) is 2.54. The van der Waals surface area contributed by atoms with E-state index in [0.717, 1.165) is 16.6 Å². The Morgan fingerprint density at radius 2 is 1.81 bits per heavy atom. The molecule has 0 saturated carbocycles. The molecule has 2 aromatic carbocycles. The van der Waals surface area contributed by atoms with Crippen LogP contribution in [-0.2, 0) is 11.2 Å². The van der Waals surface area contributed by atoms with Gasteiger partial charge in [-0.05, 0) is 23.1 Å². The van der Waals surface area contributed by atoms with Crippen LogP contribution in [0.25, 0.3) is 10.2 Å². The number of nitrogen functional groups attached to an aromatic ring is 1. The van der Waals surface area contributed by atoms with Crippen LogP contribution < -0.4 is 11.1 Å². The lowest BCUT2D eigenvalue weighted by atomic mass is 9.98. The van der Waals surface area contributed by atoms with Gasteiger partial charge in [-0.1, -0.05) is 72.4 Å². The number of fused-ring (bicyclic) bond motifs is 3. The molecule has 0 fully saturated rings. The van der Waals surface area contributed by atoms with E-state index in [1.54, 1.807) is 17.5 Å².